The van der Waals surface area contributed by atoms with E-state index < -0.39 is 0 Å². The number of nitrogens with one attached hydrogen (secondary N) is 1. The number of hydrogen-bond acceptors (Lipinski definition) is 4. The van der Waals surface area contributed by atoms with E-state index in [0.717, 1.165) is 45.1 Å². The van der Waals surface area contributed by atoms with E-state index in [9.17, 15) is 4.79 Å². The van der Waals surface area contributed by atoms with E-state index in [-0.39, 0.29) is 6.03 Å². The Kier molecular flexibility index (Phi) is 7.02. The van der Waals surface area contributed by atoms with Crippen molar-refractivity contribution in [1.29, 1.82) is 0 Å². The number of nitrogens with zero attached hydrogens (tertiary/aromatic N) is 3. The Morgan fingerprint density at radius 3 is 2.58 bits per heavy atom. The van der Waals surface area contributed by atoms with Crippen molar-refractivity contribution in [2.75, 3.05) is 32.1 Å². The number of para-hydroxylation sites is 1. The number of benzene rings is 3. The van der Waals surface area contributed by atoms with Crippen molar-refractivity contribution in [3.63, 3.8) is 0 Å². The number of imidazole rings is 1. The predicted octanol–water partition coefficient (Wildman–Crippen LogP) is 6.56. The number of aromatic nitrogens is 2. The average Bonchev–Trinajstić information content (AvgIpc) is 3.47. The molecule has 2 aromatic heterocycles. The first-order valence-corrected chi connectivity index (χ1v) is 13.0. The van der Waals surface area contributed by atoms with Gasteiger partial charge in [0.2, 0.25) is 0 Å². The fraction of sp³-hybridized carbons (Fsp3) is 0.241. The van der Waals surface area contributed by atoms with E-state index in [1.165, 1.54) is 10.8 Å². The molecule has 0 saturated carbocycles. The highest BCUT2D eigenvalue weighted by molar-refractivity contribution is 7.15. The quantitative estimate of drug-likeness (QED) is 0.264. The summed E-state index contributed by atoms with van der Waals surface area (Å²) in [5, 5.41) is 7.66. The van der Waals surface area contributed by atoms with Crippen molar-refractivity contribution in [1.82, 2.24) is 14.3 Å². The van der Waals surface area contributed by atoms with Crippen molar-refractivity contribution >= 4 is 38.8 Å². The molecule has 184 valence electrons. The van der Waals surface area contributed by atoms with Crippen LogP contribution in [0.3, 0.4) is 0 Å². The summed E-state index contributed by atoms with van der Waals surface area (Å²) in [6.07, 6.45) is 2.82. The fourth-order valence-corrected chi connectivity index (χ4v) is 5.37. The molecule has 6 nitrogen and oxygen atoms in total. The molecule has 0 aliphatic carbocycles. The lowest BCUT2D eigenvalue weighted by Gasteiger charge is -2.24. The smallest absolute Gasteiger partial charge is 0.321 e. The number of methoxy groups -OCH3 is 1. The summed E-state index contributed by atoms with van der Waals surface area (Å²) in [5.74, 6) is 0. The van der Waals surface area contributed by atoms with Crippen LogP contribution in [0.25, 0.3) is 27.0 Å². The maximum absolute atomic E-state index is 13.2. The largest absolute Gasteiger partial charge is 0.383 e. The second-order valence-electron chi connectivity index (χ2n) is 8.99. The number of rotatable bonds is 8. The summed E-state index contributed by atoms with van der Waals surface area (Å²) in [6.45, 7) is 5.60. The van der Waals surface area contributed by atoms with E-state index in [1.807, 2.05) is 36.9 Å². The highest BCUT2D eigenvalue weighted by Gasteiger charge is 2.17. The third kappa shape index (κ3) is 4.98. The van der Waals surface area contributed by atoms with E-state index in [2.05, 4.69) is 63.8 Å². The Balaban J connectivity index is 1.34. The van der Waals surface area contributed by atoms with Gasteiger partial charge in [-0.1, -0.05) is 54.6 Å². The van der Waals surface area contributed by atoms with Gasteiger partial charge in [-0.2, -0.15) is 0 Å². The van der Waals surface area contributed by atoms with E-state index in [0.29, 0.717) is 19.7 Å². The topological polar surface area (TPSA) is 58.9 Å². The van der Waals surface area contributed by atoms with Crippen molar-refractivity contribution < 1.29 is 9.53 Å². The highest BCUT2D eigenvalue weighted by atomic mass is 32.1. The third-order valence-corrected chi connectivity index (χ3v) is 7.42. The summed E-state index contributed by atoms with van der Waals surface area (Å²) in [6, 6.07) is 20.7. The molecule has 7 heteroatoms. The number of aryl methyl sites for hydroxylation is 2. The standard InChI is InChI=1S/C29H30N4O2S/c1-20-7-6-8-21(2)27(20)31-28(34)32(15-16-35-3)14-13-25-19-36-29-30-26(18-33(25)29)24-12-11-22-9-4-5-10-23(22)17-24/h4-12,17-19H,13-16H2,1-3H3,(H,31,34). The van der Waals surface area contributed by atoms with Gasteiger partial charge in [-0.05, 0) is 41.8 Å². The minimum atomic E-state index is -0.113. The van der Waals surface area contributed by atoms with Crippen molar-refractivity contribution in [2.24, 2.45) is 0 Å². The molecule has 5 rings (SSSR count). The zero-order valence-corrected chi connectivity index (χ0v) is 21.6. The van der Waals surface area contributed by atoms with E-state index in [1.54, 1.807) is 18.4 Å². The Morgan fingerprint density at radius 1 is 1.03 bits per heavy atom. The minimum absolute atomic E-state index is 0.113. The lowest BCUT2D eigenvalue weighted by Crippen LogP contribution is -2.39. The molecule has 0 fully saturated rings. The van der Waals surface area contributed by atoms with Crippen LogP contribution < -0.4 is 5.32 Å². The van der Waals surface area contributed by atoms with Crippen LogP contribution >= 0.6 is 11.3 Å². The molecule has 2 amide bonds. The molecule has 1 N–H and O–H groups in total. The fourth-order valence-electron chi connectivity index (χ4n) is 4.46. The second kappa shape index (κ2) is 10.5. The lowest BCUT2D eigenvalue weighted by atomic mass is 10.1. The number of fused-ring (bicyclic) bond motifs is 2. The van der Waals surface area contributed by atoms with Gasteiger partial charge in [0.25, 0.3) is 0 Å². The molecule has 0 radical (unpaired) electrons. The first kappa shape index (κ1) is 24.0. The first-order valence-electron chi connectivity index (χ1n) is 12.1. The Morgan fingerprint density at radius 2 is 1.81 bits per heavy atom. The van der Waals surface area contributed by atoms with Crippen LogP contribution in [0.1, 0.15) is 16.8 Å². The maximum atomic E-state index is 13.2. The monoisotopic (exact) mass is 498 g/mol. The van der Waals surface area contributed by atoms with Gasteiger partial charge in [-0.3, -0.25) is 4.40 Å². The number of urea groups is 1. The van der Waals surface area contributed by atoms with E-state index in [4.69, 9.17) is 9.72 Å². The van der Waals surface area contributed by atoms with Crippen LogP contribution in [-0.4, -0.2) is 47.1 Å². The van der Waals surface area contributed by atoms with E-state index >= 15 is 0 Å². The minimum Gasteiger partial charge on any atom is -0.383 e. The summed E-state index contributed by atoms with van der Waals surface area (Å²) in [4.78, 5) is 20.8. The third-order valence-electron chi connectivity index (χ3n) is 6.53. The molecule has 0 unspecified atom stereocenters. The molecule has 0 atom stereocenters. The summed E-state index contributed by atoms with van der Waals surface area (Å²) >= 11 is 1.63. The van der Waals surface area contributed by atoms with Crippen molar-refractivity contribution in [2.45, 2.75) is 20.3 Å². The Bertz CT molecular complexity index is 1500. The van der Waals surface area contributed by atoms with Gasteiger partial charge >= 0.3 is 6.03 Å². The molecule has 0 bridgehead atoms. The van der Waals surface area contributed by atoms with Gasteiger partial charge in [0.15, 0.2) is 4.96 Å². The molecular formula is C29H30N4O2S. The summed E-state index contributed by atoms with van der Waals surface area (Å²) in [7, 11) is 1.66. The normalized spacial score (nSPS) is 11.3. The predicted molar refractivity (Wildman–Crippen MR) is 148 cm³/mol. The number of thiazole rings is 1. The summed E-state index contributed by atoms with van der Waals surface area (Å²) < 4.78 is 7.42. The number of ether oxygens (including phenoxy) is 1. The molecule has 0 aliphatic rings. The summed E-state index contributed by atoms with van der Waals surface area (Å²) in [5.41, 5.74) is 6.17. The number of carbonyl (C=O) groups is 1. The van der Waals surface area contributed by atoms with Gasteiger partial charge in [-0.15, -0.1) is 11.3 Å². The van der Waals surface area contributed by atoms with Crippen molar-refractivity contribution in [3.8, 4) is 11.3 Å². The zero-order chi connectivity index (χ0) is 25.1. The second-order valence-corrected chi connectivity index (χ2v) is 9.83. The number of carbonyl (C=O) groups excluding carboxylic acids is 1. The molecule has 5 aromatic rings. The molecule has 3 aromatic carbocycles. The SMILES string of the molecule is COCCN(CCc1csc2nc(-c3ccc4ccccc4c3)cn12)C(=O)Nc1c(C)cccc1C. The molecule has 0 aliphatic heterocycles. The van der Waals surface area contributed by atoms with Crippen LogP contribution in [0, 0.1) is 13.8 Å². The highest BCUT2D eigenvalue weighted by Crippen LogP contribution is 2.27. The molecular weight excluding hydrogens is 468 g/mol. The zero-order valence-electron chi connectivity index (χ0n) is 20.8. The Hall–Kier alpha value is -3.68. The first-order chi connectivity index (χ1) is 17.5. The van der Waals surface area contributed by atoms with Crippen LogP contribution in [0.4, 0.5) is 10.5 Å². The molecule has 2 heterocycles. The van der Waals surface area contributed by atoms with Crippen LogP contribution in [-0.2, 0) is 11.2 Å². The number of amides is 2. The lowest BCUT2D eigenvalue weighted by molar-refractivity contribution is 0.155. The van der Waals surface area contributed by atoms with Crippen LogP contribution in [0.2, 0.25) is 0 Å². The van der Waals surface area contributed by atoms with Gasteiger partial charge in [-0.25, -0.2) is 9.78 Å². The van der Waals surface area contributed by atoms with Crippen LogP contribution in [0.15, 0.2) is 72.2 Å². The Labute approximate surface area is 215 Å². The van der Waals surface area contributed by atoms with Crippen LogP contribution in [0.5, 0.6) is 0 Å². The van der Waals surface area contributed by atoms with Gasteiger partial charge in [0.1, 0.15) is 0 Å². The maximum Gasteiger partial charge on any atom is 0.321 e. The number of hydrogen-bond donors (Lipinski definition) is 1. The van der Waals surface area contributed by atoms with Gasteiger partial charge < -0.3 is 15.0 Å². The molecule has 36 heavy (non-hydrogen) atoms. The van der Waals surface area contributed by atoms with Gasteiger partial charge in [0, 0.05) is 55.1 Å². The number of anilines is 1. The molecule has 0 saturated heterocycles. The van der Waals surface area contributed by atoms with Crippen molar-refractivity contribution in [3.05, 3.63) is 89.1 Å². The molecule has 0 spiro atoms. The van der Waals surface area contributed by atoms with Gasteiger partial charge in [0.05, 0.1) is 12.3 Å². The average molecular weight is 499 g/mol.